The zero-order chi connectivity index (χ0) is 28.2. The van der Waals surface area contributed by atoms with Crippen LogP contribution in [-0.2, 0) is 32.2 Å². The number of aryl methyl sites for hydroxylation is 1. The molecule has 41 heavy (non-hydrogen) atoms. The number of nitrogens with one attached hydrogen (secondary N) is 2. The van der Waals surface area contributed by atoms with Crippen molar-refractivity contribution in [3.8, 4) is 0 Å². The summed E-state index contributed by atoms with van der Waals surface area (Å²) in [5.74, 6) is -0.767. The van der Waals surface area contributed by atoms with Gasteiger partial charge in [-0.05, 0) is 24.1 Å². The molecule has 8 heteroatoms. The van der Waals surface area contributed by atoms with Gasteiger partial charge in [-0.15, -0.1) is 0 Å². The maximum absolute atomic E-state index is 13.2. The van der Waals surface area contributed by atoms with E-state index in [4.69, 9.17) is 9.47 Å². The molecule has 0 fully saturated rings. The van der Waals surface area contributed by atoms with Crippen molar-refractivity contribution in [2.45, 2.75) is 25.7 Å². The molecule has 208 valence electrons. The number of fused-ring (bicyclic) bond motifs is 2. The summed E-state index contributed by atoms with van der Waals surface area (Å²) in [5, 5.41) is 5.10. The Hall–Kier alpha value is -3.98. The van der Waals surface area contributed by atoms with Crippen LogP contribution in [0.25, 0.3) is 33.0 Å². The van der Waals surface area contributed by atoms with Crippen molar-refractivity contribution in [2.24, 2.45) is 0 Å². The fraction of sp³-hybridized carbons (Fsp3) is 0.212. The van der Waals surface area contributed by atoms with E-state index < -0.39 is 0 Å². The Morgan fingerprint density at radius 1 is 0.829 bits per heavy atom. The first-order valence-electron chi connectivity index (χ1n) is 13.7. The molecule has 0 spiro atoms. The van der Waals surface area contributed by atoms with Crippen LogP contribution in [0.3, 0.4) is 0 Å². The minimum atomic E-state index is -0.384. The second-order valence-electron chi connectivity index (χ2n) is 10.0. The Morgan fingerprint density at radius 2 is 1.54 bits per heavy atom. The van der Waals surface area contributed by atoms with Crippen molar-refractivity contribution in [1.82, 2.24) is 14.9 Å². The number of carbonyl (C=O) groups excluding carboxylic acids is 2. The lowest BCUT2D eigenvalue weighted by molar-refractivity contribution is -0.122. The van der Waals surface area contributed by atoms with Crippen LogP contribution >= 0.6 is 15.9 Å². The van der Waals surface area contributed by atoms with Crippen molar-refractivity contribution in [2.75, 3.05) is 18.5 Å². The minimum absolute atomic E-state index is 0.0989. The summed E-state index contributed by atoms with van der Waals surface area (Å²) in [5.41, 5.74) is 5.27. The molecular formula is C33H30BrN3O4. The number of nitrogens with zero attached hydrogens (tertiary/aromatic N) is 1. The number of H-pyrrole nitrogens is 1. The number of aromatic amines is 1. The van der Waals surface area contributed by atoms with Gasteiger partial charge in [-0.25, -0.2) is 0 Å². The second-order valence-corrected chi connectivity index (χ2v) is 10.8. The molecule has 1 atom stereocenters. The van der Waals surface area contributed by atoms with Gasteiger partial charge < -0.3 is 19.0 Å². The highest BCUT2D eigenvalue weighted by molar-refractivity contribution is 9.09. The molecule has 0 saturated carbocycles. The number of amides is 2. The standard InChI is InChI=1S/C33H30BrN3O4/c34-15-17-41-23(21-40-20-22-8-2-1-3-9-22)14-16-37-19-27(25-11-5-7-13-29(25)37)31-30(32(38)36-33(31)39)26-18-35-28-12-6-4-10-24(26)28/h1-13,18-19,23,35H,14-17,20-21H2,(H,36,38,39). The van der Waals surface area contributed by atoms with E-state index >= 15 is 0 Å². The summed E-state index contributed by atoms with van der Waals surface area (Å²) < 4.78 is 14.2. The second kappa shape index (κ2) is 12.3. The normalized spacial score (nSPS) is 14.4. The molecule has 0 saturated heterocycles. The van der Waals surface area contributed by atoms with Crippen LogP contribution in [0.5, 0.6) is 0 Å². The maximum atomic E-state index is 13.2. The van der Waals surface area contributed by atoms with Crippen LogP contribution in [-0.4, -0.2) is 46.0 Å². The molecule has 7 nitrogen and oxygen atoms in total. The quantitative estimate of drug-likeness (QED) is 0.132. The number of alkyl halides is 1. The SMILES string of the molecule is O=C1NC(=O)C(c2cn(CCC(COCc3ccccc3)OCCBr)c3ccccc23)=C1c1c[nH]c2ccccc12. The van der Waals surface area contributed by atoms with Gasteiger partial charge in [0.2, 0.25) is 0 Å². The van der Waals surface area contributed by atoms with E-state index in [0.29, 0.717) is 37.5 Å². The number of para-hydroxylation sites is 2. The Labute approximate surface area is 246 Å². The van der Waals surface area contributed by atoms with E-state index in [1.54, 1.807) is 6.20 Å². The van der Waals surface area contributed by atoms with Gasteiger partial charge >= 0.3 is 0 Å². The molecular weight excluding hydrogens is 582 g/mol. The average molecular weight is 613 g/mol. The fourth-order valence-electron chi connectivity index (χ4n) is 5.47. The Morgan fingerprint density at radius 3 is 2.34 bits per heavy atom. The Balaban J connectivity index is 1.30. The summed E-state index contributed by atoms with van der Waals surface area (Å²) in [4.78, 5) is 29.6. The van der Waals surface area contributed by atoms with Gasteiger partial charge in [0.15, 0.2) is 0 Å². The lowest BCUT2D eigenvalue weighted by Crippen LogP contribution is -2.23. The number of imide groups is 1. The molecule has 3 heterocycles. The van der Waals surface area contributed by atoms with Gasteiger partial charge in [0.05, 0.1) is 37.1 Å². The van der Waals surface area contributed by atoms with Gasteiger partial charge in [0.25, 0.3) is 11.8 Å². The zero-order valence-electron chi connectivity index (χ0n) is 22.4. The third-order valence-electron chi connectivity index (χ3n) is 7.39. The van der Waals surface area contributed by atoms with Crippen LogP contribution in [0.2, 0.25) is 0 Å². The molecule has 1 aliphatic rings. The average Bonchev–Trinajstić information content (AvgIpc) is 3.67. The number of benzene rings is 3. The summed E-state index contributed by atoms with van der Waals surface area (Å²) >= 11 is 3.46. The molecule has 3 aromatic carbocycles. The number of hydrogen-bond donors (Lipinski definition) is 2. The predicted molar refractivity (Wildman–Crippen MR) is 164 cm³/mol. The van der Waals surface area contributed by atoms with Gasteiger partial charge in [0, 0.05) is 57.2 Å². The fourth-order valence-corrected chi connectivity index (χ4v) is 5.66. The van der Waals surface area contributed by atoms with E-state index in [-0.39, 0.29) is 17.9 Å². The van der Waals surface area contributed by atoms with Crippen molar-refractivity contribution in [3.63, 3.8) is 0 Å². The number of aromatic nitrogens is 2. The van der Waals surface area contributed by atoms with Gasteiger partial charge in [-0.3, -0.25) is 14.9 Å². The summed E-state index contributed by atoms with van der Waals surface area (Å²) in [7, 11) is 0. The molecule has 1 unspecified atom stereocenters. The van der Waals surface area contributed by atoms with Crippen LogP contribution in [0.1, 0.15) is 23.1 Å². The van der Waals surface area contributed by atoms with Gasteiger partial charge in [0.1, 0.15) is 0 Å². The van der Waals surface area contributed by atoms with Gasteiger partial charge in [-0.1, -0.05) is 82.7 Å². The van der Waals surface area contributed by atoms with Crippen molar-refractivity contribution >= 4 is 60.7 Å². The number of rotatable bonds is 12. The lowest BCUT2D eigenvalue weighted by atomic mass is 9.95. The van der Waals surface area contributed by atoms with Crippen molar-refractivity contribution < 1.29 is 19.1 Å². The molecule has 2 N–H and O–H groups in total. The third kappa shape index (κ3) is 5.63. The number of carbonyl (C=O) groups is 2. The topological polar surface area (TPSA) is 85.3 Å². The first kappa shape index (κ1) is 27.2. The highest BCUT2D eigenvalue weighted by atomic mass is 79.9. The number of halogens is 1. The molecule has 0 aliphatic carbocycles. The molecule has 1 aliphatic heterocycles. The van der Waals surface area contributed by atoms with Crippen LogP contribution in [0.15, 0.2) is 91.3 Å². The molecule has 0 radical (unpaired) electrons. The van der Waals surface area contributed by atoms with Gasteiger partial charge in [-0.2, -0.15) is 0 Å². The predicted octanol–water partition coefficient (Wildman–Crippen LogP) is 6.08. The van der Waals surface area contributed by atoms with E-state index in [9.17, 15) is 9.59 Å². The number of ether oxygens (including phenoxy) is 2. The highest BCUT2D eigenvalue weighted by Crippen LogP contribution is 2.38. The molecule has 6 rings (SSSR count). The van der Waals surface area contributed by atoms with Crippen LogP contribution < -0.4 is 5.32 Å². The number of hydrogen-bond acceptors (Lipinski definition) is 4. The van der Waals surface area contributed by atoms with E-state index in [1.165, 1.54) is 0 Å². The third-order valence-corrected chi connectivity index (χ3v) is 7.71. The lowest BCUT2D eigenvalue weighted by Gasteiger charge is -2.18. The van der Waals surface area contributed by atoms with E-state index in [2.05, 4.69) is 30.8 Å². The van der Waals surface area contributed by atoms with Crippen LogP contribution in [0.4, 0.5) is 0 Å². The molecule has 0 bridgehead atoms. The molecule has 5 aromatic rings. The van der Waals surface area contributed by atoms with Crippen molar-refractivity contribution in [1.29, 1.82) is 0 Å². The minimum Gasteiger partial charge on any atom is -0.375 e. The monoisotopic (exact) mass is 611 g/mol. The summed E-state index contributed by atoms with van der Waals surface area (Å²) in [6.07, 6.45) is 4.41. The maximum Gasteiger partial charge on any atom is 0.259 e. The van der Waals surface area contributed by atoms with Crippen LogP contribution in [0, 0.1) is 0 Å². The largest absolute Gasteiger partial charge is 0.375 e. The highest BCUT2D eigenvalue weighted by Gasteiger charge is 2.35. The smallest absolute Gasteiger partial charge is 0.259 e. The Kier molecular flexibility index (Phi) is 8.14. The summed E-state index contributed by atoms with van der Waals surface area (Å²) in [6.45, 7) is 2.24. The van der Waals surface area contributed by atoms with Crippen molar-refractivity contribution in [3.05, 3.63) is 108 Å². The Bertz CT molecular complexity index is 1740. The van der Waals surface area contributed by atoms with E-state index in [1.807, 2.05) is 85.1 Å². The molecule has 2 aromatic heterocycles. The van der Waals surface area contributed by atoms with E-state index in [0.717, 1.165) is 50.2 Å². The molecule has 2 amide bonds. The summed E-state index contributed by atoms with van der Waals surface area (Å²) in [6, 6.07) is 25.9. The first-order chi connectivity index (χ1) is 20.1. The zero-order valence-corrected chi connectivity index (χ0v) is 24.0. The first-order valence-corrected chi connectivity index (χ1v) is 14.8.